The van der Waals surface area contributed by atoms with Crippen molar-refractivity contribution in [2.24, 2.45) is 5.41 Å². The smallest absolute Gasteiger partial charge is 0.350 e. The Morgan fingerprint density at radius 3 is 2.75 bits per heavy atom. The largest absolute Gasteiger partial charge is 0.438 e. The quantitative estimate of drug-likeness (QED) is 0.860. The highest BCUT2D eigenvalue weighted by molar-refractivity contribution is 7.98. The third-order valence-corrected chi connectivity index (χ3v) is 4.75. The maximum absolute atomic E-state index is 12.4. The van der Waals surface area contributed by atoms with Gasteiger partial charge in [-0.25, -0.2) is 4.79 Å². The van der Waals surface area contributed by atoms with Gasteiger partial charge in [0.1, 0.15) is 0 Å². The number of amides is 1. The van der Waals surface area contributed by atoms with Crippen molar-refractivity contribution in [1.29, 1.82) is 0 Å². The van der Waals surface area contributed by atoms with Crippen molar-refractivity contribution < 1.29 is 9.32 Å². The highest BCUT2D eigenvalue weighted by atomic mass is 32.2. The van der Waals surface area contributed by atoms with Gasteiger partial charge in [0.2, 0.25) is 5.91 Å². The van der Waals surface area contributed by atoms with Crippen LogP contribution in [0.1, 0.15) is 45.4 Å². The number of thioether (sulfide) groups is 1. The summed E-state index contributed by atoms with van der Waals surface area (Å²) in [5, 5.41) is 6.79. The van der Waals surface area contributed by atoms with Gasteiger partial charge < -0.3 is 5.32 Å². The Hall–Kier alpha value is -1.24. The van der Waals surface area contributed by atoms with Gasteiger partial charge in [0.05, 0.1) is 0 Å². The molecule has 112 valence electrons. The number of carbonyl (C=O) groups is 1. The molecular formula is C13H21N3O3S. The number of aromatic amines is 1. The molecule has 1 saturated carbocycles. The second-order valence-corrected chi connectivity index (χ2v) is 7.28. The summed E-state index contributed by atoms with van der Waals surface area (Å²) in [6.45, 7) is 6.00. The van der Waals surface area contributed by atoms with E-state index in [0.717, 1.165) is 5.75 Å². The van der Waals surface area contributed by atoms with E-state index in [4.69, 9.17) is 0 Å². The molecule has 0 bridgehead atoms. The van der Waals surface area contributed by atoms with Crippen molar-refractivity contribution in [3.63, 3.8) is 0 Å². The van der Waals surface area contributed by atoms with Crippen LogP contribution in [0.2, 0.25) is 0 Å². The summed E-state index contributed by atoms with van der Waals surface area (Å²) in [6, 6.07) is 0. The third kappa shape index (κ3) is 3.08. The summed E-state index contributed by atoms with van der Waals surface area (Å²) in [5.74, 6) is 1.04. The number of nitrogens with one attached hydrogen (secondary N) is 2. The van der Waals surface area contributed by atoms with Gasteiger partial charge in [-0.05, 0) is 32.9 Å². The van der Waals surface area contributed by atoms with Crippen LogP contribution in [0, 0.1) is 5.41 Å². The normalized spacial score (nSPS) is 26.1. The molecule has 6 nitrogen and oxygen atoms in total. The van der Waals surface area contributed by atoms with E-state index < -0.39 is 11.2 Å². The maximum atomic E-state index is 12.4. The lowest BCUT2D eigenvalue weighted by Gasteiger charge is -2.44. The molecule has 0 aromatic carbocycles. The number of hydrogen-bond acceptors (Lipinski definition) is 5. The summed E-state index contributed by atoms with van der Waals surface area (Å²) < 4.78 is 4.50. The first-order valence-electron chi connectivity index (χ1n) is 6.63. The van der Waals surface area contributed by atoms with Crippen LogP contribution in [0.25, 0.3) is 0 Å². The summed E-state index contributed by atoms with van der Waals surface area (Å²) in [4.78, 5) is 25.9. The molecule has 1 aliphatic carbocycles. The van der Waals surface area contributed by atoms with Crippen molar-refractivity contribution in [2.75, 3.05) is 12.0 Å². The van der Waals surface area contributed by atoms with Gasteiger partial charge in [-0.2, -0.15) is 11.8 Å². The Bertz CT molecular complexity index is 543. The molecular weight excluding hydrogens is 278 g/mol. The van der Waals surface area contributed by atoms with E-state index in [1.54, 1.807) is 11.8 Å². The molecule has 0 atom stereocenters. The summed E-state index contributed by atoms with van der Waals surface area (Å²) >= 11 is 1.71. The Kier molecular flexibility index (Phi) is 4.00. The molecule has 2 rings (SSSR count). The van der Waals surface area contributed by atoms with Crippen molar-refractivity contribution >= 4 is 17.7 Å². The van der Waals surface area contributed by atoms with Crippen LogP contribution in [0.4, 0.5) is 0 Å². The molecule has 0 radical (unpaired) electrons. The standard InChI is InChI=1S/C13H21N3O3S/c1-12(2,7-20-4)15-10(17)13(3)5-8(6-13)9-14-11(18)19-16-9/h8H,5-7H2,1-4H3,(H,15,17)(H,14,16,18). The van der Waals surface area contributed by atoms with Crippen molar-refractivity contribution in [3.05, 3.63) is 16.4 Å². The van der Waals surface area contributed by atoms with Crippen LogP contribution in [0.5, 0.6) is 0 Å². The fourth-order valence-corrected chi connectivity index (χ4v) is 3.47. The Labute approximate surface area is 122 Å². The molecule has 0 saturated heterocycles. The topological polar surface area (TPSA) is 88.0 Å². The number of carbonyl (C=O) groups excluding carboxylic acids is 1. The fraction of sp³-hybridized carbons (Fsp3) is 0.769. The van der Waals surface area contributed by atoms with E-state index in [0.29, 0.717) is 18.7 Å². The zero-order chi connectivity index (χ0) is 15.0. The lowest BCUT2D eigenvalue weighted by Crippen LogP contribution is -2.54. The SMILES string of the molecule is CSCC(C)(C)NC(=O)C1(C)CC(c2noc(=O)[nH]2)C1. The minimum Gasteiger partial charge on any atom is -0.350 e. The highest BCUT2D eigenvalue weighted by Crippen LogP contribution is 2.50. The zero-order valence-electron chi connectivity index (χ0n) is 12.3. The number of nitrogens with zero attached hydrogens (tertiary/aromatic N) is 1. The molecule has 1 aliphatic rings. The number of rotatable bonds is 5. The van der Waals surface area contributed by atoms with Crippen LogP contribution in [-0.4, -0.2) is 33.6 Å². The first-order valence-corrected chi connectivity index (χ1v) is 8.03. The van der Waals surface area contributed by atoms with Crippen LogP contribution in [0.3, 0.4) is 0 Å². The van der Waals surface area contributed by atoms with Gasteiger partial charge >= 0.3 is 5.76 Å². The molecule has 1 aromatic rings. The van der Waals surface area contributed by atoms with E-state index in [-0.39, 0.29) is 17.4 Å². The third-order valence-electron chi connectivity index (χ3n) is 3.74. The van der Waals surface area contributed by atoms with Crippen molar-refractivity contribution in [1.82, 2.24) is 15.5 Å². The molecule has 0 unspecified atom stereocenters. The van der Waals surface area contributed by atoms with E-state index in [2.05, 4.69) is 20.0 Å². The highest BCUT2D eigenvalue weighted by Gasteiger charge is 2.49. The number of H-pyrrole nitrogens is 1. The molecule has 7 heteroatoms. The second-order valence-electron chi connectivity index (χ2n) is 6.42. The minimum absolute atomic E-state index is 0.0682. The van der Waals surface area contributed by atoms with Gasteiger partial charge in [-0.15, -0.1) is 0 Å². The first kappa shape index (κ1) is 15.2. The predicted octanol–water partition coefficient (Wildman–Crippen LogP) is 1.50. The number of aromatic nitrogens is 2. The van der Waals surface area contributed by atoms with Crippen molar-refractivity contribution in [3.8, 4) is 0 Å². The molecule has 0 aliphatic heterocycles. The molecule has 1 fully saturated rings. The minimum atomic E-state index is -0.542. The first-order chi connectivity index (χ1) is 9.26. The average molecular weight is 299 g/mol. The van der Waals surface area contributed by atoms with Crippen molar-refractivity contribution in [2.45, 2.75) is 45.1 Å². The Morgan fingerprint density at radius 2 is 2.25 bits per heavy atom. The lowest BCUT2D eigenvalue weighted by atomic mass is 9.62. The summed E-state index contributed by atoms with van der Waals surface area (Å²) in [5.41, 5.74) is -0.608. The van der Waals surface area contributed by atoms with E-state index in [1.807, 2.05) is 27.0 Å². The maximum Gasteiger partial charge on any atom is 0.438 e. The molecule has 20 heavy (non-hydrogen) atoms. The van der Waals surface area contributed by atoms with E-state index in [1.165, 1.54) is 0 Å². The van der Waals surface area contributed by atoms with Crippen LogP contribution >= 0.6 is 11.8 Å². The van der Waals surface area contributed by atoms with Gasteiger partial charge in [0, 0.05) is 22.6 Å². The van der Waals surface area contributed by atoms with Gasteiger partial charge in [-0.1, -0.05) is 12.1 Å². The summed E-state index contributed by atoms with van der Waals surface area (Å²) in [6.07, 6.45) is 3.38. The fourth-order valence-electron chi connectivity index (χ4n) is 2.68. The Morgan fingerprint density at radius 1 is 1.60 bits per heavy atom. The number of hydrogen-bond donors (Lipinski definition) is 2. The lowest BCUT2D eigenvalue weighted by molar-refractivity contribution is -0.137. The molecule has 1 amide bonds. The predicted molar refractivity (Wildman–Crippen MR) is 77.8 cm³/mol. The average Bonchev–Trinajstić information content (AvgIpc) is 2.70. The summed E-state index contributed by atoms with van der Waals surface area (Å²) in [7, 11) is 0. The van der Waals surface area contributed by atoms with E-state index in [9.17, 15) is 9.59 Å². The molecule has 0 spiro atoms. The molecule has 2 N–H and O–H groups in total. The van der Waals surface area contributed by atoms with Crippen LogP contribution in [0.15, 0.2) is 9.32 Å². The zero-order valence-corrected chi connectivity index (χ0v) is 13.1. The second kappa shape index (κ2) is 5.27. The molecule has 1 heterocycles. The molecule has 1 aromatic heterocycles. The van der Waals surface area contributed by atoms with E-state index >= 15 is 0 Å². The monoisotopic (exact) mass is 299 g/mol. The Balaban J connectivity index is 1.94. The van der Waals surface area contributed by atoms with Gasteiger partial charge in [-0.3, -0.25) is 14.3 Å². The van der Waals surface area contributed by atoms with Gasteiger partial charge in [0.15, 0.2) is 5.82 Å². The van der Waals surface area contributed by atoms with Gasteiger partial charge in [0.25, 0.3) is 0 Å². The van der Waals surface area contributed by atoms with Crippen LogP contribution in [-0.2, 0) is 4.79 Å². The van der Waals surface area contributed by atoms with Crippen LogP contribution < -0.4 is 11.1 Å².